The van der Waals surface area contributed by atoms with E-state index in [9.17, 15) is 14.0 Å². The fourth-order valence-electron chi connectivity index (χ4n) is 4.06. The van der Waals surface area contributed by atoms with Crippen LogP contribution in [0.3, 0.4) is 0 Å². The van der Waals surface area contributed by atoms with Crippen molar-refractivity contribution in [3.05, 3.63) is 93.1 Å². The molecule has 0 spiro atoms. The van der Waals surface area contributed by atoms with Crippen LogP contribution < -0.4 is 11.1 Å². The van der Waals surface area contributed by atoms with Gasteiger partial charge >= 0.3 is 0 Å². The van der Waals surface area contributed by atoms with Crippen molar-refractivity contribution >= 4 is 40.7 Å². The molecular formula is C24H16Cl2FN5O2. The Bertz CT molecular complexity index is 1470. The van der Waals surface area contributed by atoms with Crippen LogP contribution in [0.4, 0.5) is 10.1 Å². The van der Waals surface area contributed by atoms with Gasteiger partial charge in [-0.15, -0.1) is 0 Å². The van der Waals surface area contributed by atoms with E-state index in [4.69, 9.17) is 28.9 Å². The summed E-state index contributed by atoms with van der Waals surface area (Å²) in [6, 6.07) is 12.7. The third kappa shape index (κ3) is 3.91. The van der Waals surface area contributed by atoms with E-state index in [1.54, 1.807) is 28.9 Å². The van der Waals surface area contributed by atoms with E-state index in [0.717, 1.165) is 11.1 Å². The Hall–Kier alpha value is -3.75. The number of carbonyl (C=O) groups excluding carboxylic acids is 2. The lowest BCUT2D eigenvalue weighted by Crippen LogP contribution is -2.16. The summed E-state index contributed by atoms with van der Waals surface area (Å²) in [5.41, 5.74) is 10.1. The van der Waals surface area contributed by atoms with Crippen LogP contribution in [-0.2, 0) is 12.8 Å². The Morgan fingerprint density at radius 3 is 2.56 bits per heavy atom. The number of primary amides is 1. The number of hydrogen-bond acceptors (Lipinski definition) is 4. The van der Waals surface area contributed by atoms with Crippen molar-refractivity contribution in [3.8, 4) is 16.9 Å². The Morgan fingerprint density at radius 1 is 1.06 bits per heavy atom. The maximum Gasteiger partial charge on any atom is 0.269 e. The molecule has 1 aliphatic rings. The summed E-state index contributed by atoms with van der Waals surface area (Å²) in [6.45, 7) is 0. The fourth-order valence-corrected chi connectivity index (χ4v) is 4.41. The lowest BCUT2D eigenvalue weighted by molar-refractivity contribution is 0.0992. The molecule has 2 amide bonds. The minimum atomic E-state index is -0.645. The SMILES string of the molecule is NC(=O)c1nn(-c2ccc(F)cc2)c2c1CCc1ccc(NC(=O)c3cc(Cl)cnc3Cl)cc1-2. The number of amides is 2. The van der Waals surface area contributed by atoms with Crippen LogP contribution in [0.1, 0.15) is 32.0 Å². The van der Waals surface area contributed by atoms with Gasteiger partial charge in [0, 0.05) is 23.0 Å². The average Bonchev–Trinajstić information content (AvgIpc) is 3.21. The van der Waals surface area contributed by atoms with Gasteiger partial charge in [0.1, 0.15) is 11.0 Å². The highest BCUT2D eigenvalue weighted by atomic mass is 35.5. The summed E-state index contributed by atoms with van der Waals surface area (Å²) in [7, 11) is 0. The first-order valence-electron chi connectivity index (χ1n) is 10.2. The van der Waals surface area contributed by atoms with Crippen molar-refractivity contribution in [1.82, 2.24) is 14.8 Å². The third-order valence-electron chi connectivity index (χ3n) is 5.61. The molecule has 4 aromatic rings. The molecule has 0 unspecified atom stereocenters. The lowest BCUT2D eigenvalue weighted by atomic mass is 9.88. The molecule has 0 saturated heterocycles. The van der Waals surface area contributed by atoms with E-state index < -0.39 is 11.8 Å². The smallest absolute Gasteiger partial charge is 0.269 e. The molecule has 34 heavy (non-hydrogen) atoms. The van der Waals surface area contributed by atoms with Crippen LogP contribution in [0.15, 0.2) is 54.7 Å². The first-order valence-corrected chi connectivity index (χ1v) is 11.0. The lowest BCUT2D eigenvalue weighted by Gasteiger charge is -2.20. The summed E-state index contributed by atoms with van der Waals surface area (Å²) in [5, 5.41) is 7.57. The van der Waals surface area contributed by atoms with Crippen LogP contribution in [-0.4, -0.2) is 26.6 Å². The van der Waals surface area contributed by atoms with Gasteiger partial charge in [-0.2, -0.15) is 5.10 Å². The largest absolute Gasteiger partial charge is 0.364 e. The first-order chi connectivity index (χ1) is 16.3. The zero-order valence-electron chi connectivity index (χ0n) is 17.5. The molecule has 2 heterocycles. The highest BCUT2D eigenvalue weighted by Gasteiger charge is 2.28. The maximum atomic E-state index is 13.5. The van der Waals surface area contributed by atoms with E-state index in [-0.39, 0.29) is 27.3 Å². The summed E-state index contributed by atoms with van der Waals surface area (Å²) < 4.78 is 15.1. The summed E-state index contributed by atoms with van der Waals surface area (Å²) in [6.07, 6.45) is 2.58. The van der Waals surface area contributed by atoms with E-state index in [1.807, 2.05) is 6.07 Å². The van der Waals surface area contributed by atoms with Gasteiger partial charge in [-0.1, -0.05) is 29.3 Å². The van der Waals surface area contributed by atoms with Gasteiger partial charge < -0.3 is 11.1 Å². The predicted octanol–water partition coefficient (Wildman–Crippen LogP) is 4.83. The van der Waals surface area contributed by atoms with E-state index in [1.165, 1.54) is 24.4 Å². The van der Waals surface area contributed by atoms with E-state index in [2.05, 4.69) is 15.4 Å². The molecule has 3 N–H and O–H groups in total. The number of benzene rings is 2. The quantitative estimate of drug-likeness (QED) is 0.395. The molecule has 1 aliphatic carbocycles. The molecule has 10 heteroatoms. The molecule has 0 bridgehead atoms. The Labute approximate surface area is 203 Å². The normalized spacial score (nSPS) is 12.1. The molecule has 0 radical (unpaired) electrons. The summed E-state index contributed by atoms with van der Waals surface area (Å²) in [4.78, 5) is 28.8. The Morgan fingerprint density at radius 2 is 1.82 bits per heavy atom. The van der Waals surface area contributed by atoms with E-state index in [0.29, 0.717) is 35.5 Å². The standard InChI is InChI=1S/C24H16Cl2FN5O2/c25-13-9-19(22(26)29-11-13)24(34)30-15-5-1-12-2-8-17-20(23(28)33)31-32(21(17)18(12)10-15)16-6-3-14(27)4-7-16/h1,3-7,9-11H,2,8H2,(H2,28,33)(H,30,34). The number of nitrogens with two attached hydrogens (primary N) is 1. The number of pyridine rings is 1. The Kier molecular flexibility index (Phi) is 5.55. The number of fused-ring (bicyclic) bond motifs is 3. The number of aryl methyl sites for hydroxylation is 1. The first kappa shape index (κ1) is 22.1. The van der Waals surface area contributed by atoms with E-state index >= 15 is 0 Å². The number of rotatable bonds is 4. The molecule has 0 aliphatic heterocycles. The van der Waals surface area contributed by atoms with Gasteiger partial charge in [-0.25, -0.2) is 14.1 Å². The predicted molar refractivity (Wildman–Crippen MR) is 127 cm³/mol. The van der Waals surface area contributed by atoms with Crippen molar-refractivity contribution in [1.29, 1.82) is 0 Å². The molecule has 2 aromatic carbocycles. The van der Waals surface area contributed by atoms with Crippen LogP contribution in [0.25, 0.3) is 16.9 Å². The van der Waals surface area contributed by atoms with Crippen molar-refractivity contribution in [2.24, 2.45) is 5.73 Å². The van der Waals surface area contributed by atoms with Crippen molar-refractivity contribution in [2.75, 3.05) is 5.32 Å². The maximum absolute atomic E-state index is 13.5. The average molecular weight is 496 g/mol. The summed E-state index contributed by atoms with van der Waals surface area (Å²) >= 11 is 12.0. The minimum absolute atomic E-state index is 0.0302. The second-order valence-electron chi connectivity index (χ2n) is 7.75. The highest BCUT2D eigenvalue weighted by Crippen LogP contribution is 2.38. The van der Waals surface area contributed by atoms with Gasteiger partial charge in [0.05, 0.1) is 22.0 Å². The number of carbonyl (C=O) groups is 2. The summed E-state index contributed by atoms with van der Waals surface area (Å²) in [5.74, 6) is -1.51. The van der Waals surface area contributed by atoms with Gasteiger partial charge in [-0.3, -0.25) is 9.59 Å². The van der Waals surface area contributed by atoms with Gasteiger partial charge in [-0.05, 0) is 60.9 Å². The zero-order valence-corrected chi connectivity index (χ0v) is 19.0. The highest BCUT2D eigenvalue weighted by molar-refractivity contribution is 6.35. The molecule has 170 valence electrons. The van der Waals surface area contributed by atoms with Gasteiger partial charge in [0.25, 0.3) is 11.8 Å². The number of hydrogen-bond donors (Lipinski definition) is 2. The van der Waals surface area contributed by atoms with Crippen molar-refractivity contribution in [2.45, 2.75) is 12.8 Å². The van der Waals surface area contributed by atoms with Gasteiger partial charge in [0.2, 0.25) is 0 Å². The van der Waals surface area contributed by atoms with Crippen molar-refractivity contribution in [3.63, 3.8) is 0 Å². The fraction of sp³-hybridized carbons (Fsp3) is 0.0833. The van der Waals surface area contributed by atoms with Gasteiger partial charge in [0.15, 0.2) is 5.69 Å². The molecule has 0 fully saturated rings. The van der Waals surface area contributed by atoms with Crippen LogP contribution in [0.2, 0.25) is 10.2 Å². The minimum Gasteiger partial charge on any atom is -0.364 e. The monoisotopic (exact) mass is 495 g/mol. The third-order valence-corrected chi connectivity index (χ3v) is 6.11. The second kappa shape index (κ2) is 8.55. The topological polar surface area (TPSA) is 103 Å². The number of nitrogens with zero attached hydrogens (tertiary/aromatic N) is 3. The zero-order chi connectivity index (χ0) is 24.0. The number of aromatic nitrogens is 3. The molecule has 0 atom stereocenters. The van der Waals surface area contributed by atoms with Crippen LogP contribution in [0, 0.1) is 5.82 Å². The number of anilines is 1. The van der Waals surface area contributed by atoms with Crippen LogP contribution >= 0.6 is 23.2 Å². The molecule has 5 rings (SSSR count). The number of halogens is 3. The van der Waals surface area contributed by atoms with Crippen molar-refractivity contribution < 1.29 is 14.0 Å². The molecule has 0 saturated carbocycles. The molecule has 2 aromatic heterocycles. The molecule has 7 nitrogen and oxygen atoms in total. The second-order valence-corrected chi connectivity index (χ2v) is 8.54. The number of nitrogens with one attached hydrogen (secondary N) is 1. The molecular weight excluding hydrogens is 480 g/mol. The van der Waals surface area contributed by atoms with Crippen LogP contribution in [0.5, 0.6) is 0 Å². The Balaban J connectivity index is 1.60.